The van der Waals surface area contributed by atoms with Crippen molar-refractivity contribution < 1.29 is 21.6 Å². The summed E-state index contributed by atoms with van der Waals surface area (Å²) in [5.41, 5.74) is 2.08. The predicted octanol–water partition coefficient (Wildman–Crippen LogP) is 8.22. The first kappa shape index (κ1) is 31.3. The predicted molar refractivity (Wildman–Crippen MR) is 162 cm³/mol. The third kappa shape index (κ3) is 5.95. The number of likely N-dealkylation sites (tertiary alicyclic amines) is 1. The van der Waals surface area contributed by atoms with E-state index in [0.717, 1.165) is 60.4 Å². The van der Waals surface area contributed by atoms with Gasteiger partial charge < -0.3 is 4.90 Å². The monoisotopic (exact) mass is 665 g/mol. The Morgan fingerprint density at radius 3 is 2.00 bits per heavy atom. The lowest BCUT2D eigenvalue weighted by Crippen LogP contribution is -2.48. The number of aryl methyl sites for hydroxylation is 1. The van der Waals surface area contributed by atoms with Crippen molar-refractivity contribution >= 4 is 25.8 Å². The molecule has 0 N–H and O–H groups in total. The van der Waals surface area contributed by atoms with E-state index in [1.165, 1.54) is 5.69 Å². The first-order valence-corrected chi connectivity index (χ1v) is 16.9. The Bertz CT molecular complexity index is 1490. The minimum atomic E-state index is -4.53. The van der Waals surface area contributed by atoms with E-state index in [1.54, 1.807) is 0 Å². The molecule has 0 atom stereocenters. The summed E-state index contributed by atoms with van der Waals surface area (Å²) in [4.78, 5) is 2.45. The Hall–Kier alpha value is -2.17. The third-order valence-electron chi connectivity index (χ3n) is 9.10. The highest BCUT2D eigenvalue weighted by atomic mass is 79.9. The molecule has 0 bridgehead atoms. The number of piperidine rings is 1. The lowest BCUT2D eigenvalue weighted by atomic mass is 9.79. The van der Waals surface area contributed by atoms with Gasteiger partial charge in [-0.1, -0.05) is 28.1 Å². The maximum absolute atomic E-state index is 14.2. The molecule has 1 aliphatic heterocycles. The molecule has 228 valence electrons. The molecule has 5 rings (SSSR count). The van der Waals surface area contributed by atoms with E-state index < -0.39 is 26.3 Å². The van der Waals surface area contributed by atoms with E-state index in [1.807, 2.05) is 31.2 Å². The van der Waals surface area contributed by atoms with Crippen molar-refractivity contribution in [3.63, 3.8) is 0 Å². The number of benzene rings is 2. The summed E-state index contributed by atoms with van der Waals surface area (Å²) in [6.07, 6.45) is -0.225. The van der Waals surface area contributed by atoms with Crippen LogP contribution >= 0.6 is 15.9 Å². The largest absolute Gasteiger partial charge is 0.416 e. The van der Waals surface area contributed by atoms with Crippen LogP contribution in [0, 0.1) is 6.92 Å². The van der Waals surface area contributed by atoms with E-state index in [9.17, 15) is 21.6 Å². The van der Waals surface area contributed by atoms with E-state index in [0.29, 0.717) is 37.2 Å². The maximum Gasteiger partial charge on any atom is 0.416 e. The topological polar surface area (TPSA) is 55.2 Å². The van der Waals surface area contributed by atoms with E-state index >= 15 is 0 Å². The van der Waals surface area contributed by atoms with E-state index in [2.05, 4.69) is 52.3 Å². The van der Waals surface area contributed by atoms with Crippen LogP contribution in [-0.4, -0.2) is 42.2 Å². The smallest absolute Gasteiger partial charge is 0.300 e. The van der Waals surface area contributed by atoms with E-state index in [4.69, 9.17) is 5.10 Å². The molecule has 1 aliphatic carbocycles. The van der Waals surface area contributed by atoms with Gasteiger partial charge >= 0.3 is 6.18 Å². The van der Waals surface area contributed by atoms with Gasteiger partial charge in [0.1, 0.15) is 4.75 Å². The van der Waals surface area contributed by atoms with Gasteiger partial charge in [0.25, 0.3) is 0 Å². The Labute approximate surface area is 255 Å². The number of sulfone groups is 1. The second kappa shape index (κ2) is 11.4. The van der Waals surface area contributed by atoms with Crippen LogP contribution in [0.4, 0.5) is 13.2 Å². The SMILES string of the molecule is Cc1cc(C2CCN(C3CCC(c4ccc(Br)cc4)(S(=O)(=O)c4ccc(C(F)(F)F)cc4)CC3)CC2)n(C(C)(C)C)n1. The van der Waals surface area contributed by atoms with Crippen molar-refractivity contribution in [2.75, 3.05) is 13.1 Å². The van der Waals surface area contributed by atoms with Gasteiger partial charge in [-0.2, -0.15) is 18.3 Å². The molecule has 0 amide bonds. The van der Waals surface area contributed by atoms with Gasteiger partial charge in [-0.15, -0.1) is 0 Å². The highest BCUT2D eigenvalue weighted by molar-refractivity contribution is 9.10. The van der Waals surface area contributed by atoms with Crippen LogP contribution in [0.25, 0.3) is 0 Å². The standard InChI is InChI=1S/C32H39BrF3N3O2S/c1-22-21-29(39(37-22)30(2,3)4)23-15-19-38(20-16-23)27-13-17-31(18-14-27,24-5-9-26(33)10-6-24)42(40,41)28-11-7-25(8-12-28)32(34,35)36/h5-12,21,23,27H,13-20H2,1-4H3. The number of alkyl halides is 3. The summed E-state index contributed by atoms with van der Waals surface area (Å²) in [5, 5.41) is 4.77. The van der Waals surface area contributed by atoms with Crippen molar-refractivity contribution in [2.24, 2.45) is 0 Å². The number of halogens is 4. The van der Waals surface area contributed by atoms with Gasteiger partial charge in [0.05, 0.1) is 21.7 Å². The number of aromatic nitrogens is 2. The van der Waals surface area contributed by atoms with Crippen molar-refractivity contribution in [3.8, 4) is 0 Å². The summed E-state index contributed by atoms with van der Waals surface area (Å²) < 4.78 is 69.9. The van der Waals surface area contributed by atoms with Crippen LogP contribution < -0.4 is 0 Å². The summed E-state index contributed by atoms with van der Waals surface area (Å²) in [7, 11) is -3.98. The van der Waals surface area contributed by atoms with Gasteiger partial charge in [0.2, 0.25) is 0 Å². The van der Waals surface area contributed by atoms with Gasteiger partial charge in [0, 0.05) is 22.1 Å². The molecule has 5 nitrogen and oxygen atoms in total. The molecule has 10 heteroatoms. The maximum atomic E-state index is 14.2. The van der Waals surface area contributed by atoms with Gasteiger partial charge in [-0.25, -0.2) is 8.42 Å². The van der Waals surface area contributed by atoms with Crippen LogP contribution in [0.1, 0.15) is 87.7 Å². The Morgan fingerprint density at radius 1 is 0.905 bits per heavy atom. The Morgan fingerprint density at radius 2 is 1.48 bits per heavy atom. The molecule has 2 fully saturated rings. The second-order valence-electron chi connectivity index (χ2n) is 12.9. The molecule has 0 spiro atoms. The molecule has 2 aromatic carbocycles. The van der Waals surface area contributed by atoms with Crippen LogP contribution in [0.2, 0.25) is 0 Å². The number of rotatable bonds is 5. The summed E-state index contributed by atoms with van der Waals surface area (Å²) in [6, 6.07) is 13.8. The van der Waals surface area contributed by atoms with Crippen LogP contribution in [0.3, 0.4) is 0 Å². The fraction of sp³-hybridized carbons (Fsp3) is 0.531. The number of hydrogen-bond donors (Lipinski definition) is 0. The van der Waals surface area contributed by atoms with Crippen LogP contribution in [0.5, 0.6) is 0 Å². The highest BCUT2D eigenvalue weighted by Crippen LogP contribution is 2.49. The van der Waals surface area contributed by atoms with Crippen LogP contribution in [0.15, 0.2) is 64.0 Å². The zero-order valence-corrected chi connectivity index (χ0v) is 27.0. The van der Waals surface area contributed by atoms with Gasteiger partial charge in [-0.3, -0.25) is 4.68 Å². The molecule has 2 heterocycles. The lowest BCUT2D eigenvalue weighted by molar-refractivity contribution is -0.137. The molecule has 0 unspecified atom stereocenters. The fourth-order valence-corrected chi connectivity index (χ4v) is 9.29. The van der Waals surface area contributed by atoms with Crippen molar-refractivity contribution in [1.29, 1.82) is 0 Å². The molecular weight excluding hydrogens is 627 g/mol. The molecular formula is C32H39BrF3N3O2S. The fourth-order valence-electron chi connectivity index (χ4n) is 6.86. The minimum Gasteiger partial charge on any atom is -0.300 e. The van der Waals surface area contributed by atoms with Crippen molar-refractivity contribution in [2.45, 2.75) is 99.5 Å². The lowest BCUT2D eigenvalue weighted by Gasteiger charge is -2.45. The normalized spacial score (nSPS) is 23.3. The number of hydrogen-bond acceptors (Lipinski definition) is 4. The minimum absolute atomic E-state index is 0.0663. The van der Waals surface area contributed by atoms with Crippen LogP contribution in [-0.2, 0) is 26.3 Å². The third-order valence-corrected chi connectivity index (χ3v) is 12.2. The van der Waals surface area contributed by atoms with Crippen molar-refractivity contribution in [1.82, 2.24) is 14.7 Å². The molecule has 1 saturated carbocycles. The first-order chi connectivity index (χ1) is 19.6. The Balaban J connectivity index is 1.35. The summed E-state index contributed by atoms with van der Waals surface area (Å²) in [6.45, 7) is 10.5. The van der Waals surface area contributed by atoms with Gasteiger partial charge in [-0.05, 0) is 127 Å². The molecule has 1 aromatic heterocycles. The zero-order valence-electron chi connectivity index (χ0n) is 24.6. The molecule has 2 aliphatic rings. The Kier molecular flexibility index (Phi) is 8.48. The molecule has 1 saturated heterocycles. The summed E-state index contributed by atoms with van der Waals surface area (Å²) in [5.74, 6) is 0.437. The second-order valence-corrected chi connectivity index (χ2v) is 16.0. The first-order valence-electron chi connectivity index (χ1n) is 14.6. The van der Waals surface area contributed by atoms with E-state index in [-0.39, 0.29) is 16.5 Å². The summed E-state index contributed by atoms with van der Waals surface area (Å²) >= 11 is 3.44. The highest BCUT2D eigenvalue weighted by Gasteiger charge is 2.49. The zero-order chi connectivity index (χ0) is 30.5. The molecule has 0 radical (unpaired) electrons. The average molecular weight is 667 g/mol. The molecule has 42 heavy (non-hydrogen) atoms. The van der Waals surface area contributed by atoms with Gasteiger partial charge in [0.15, 0.2) is 9.84 Å². The quantitative estimate of drug-likeness (QED) is 0.276. The molecule has 3 aromatic rings. The average Bonchev–Trinajstić information content (AvgIpc) is 3.35. The number of nitrogens with zero attached hydrogens (tertiary/aromatic N) is 3. The van der Waals surface area contributed by atoms with Crippen molar-refractivity contribution in [3.05, 3.63) is 81.6 Å².